The average molecular weight is 630 g/mol. The first-order valence-corrected chi connectivity index (χ1v) is 16.1. The van der Waals surface area contributed by atoms with E-state index in [9.17, 15) is 27.5 Å². The number of halogens is 1. The summed E-state index contributed by atoms with van der Waals surface area (Å²) in [4.78, 5) is 29.0. The van der Waals surface area contributed by atoms with E-state index >= 15 is 0 Å². The fourth-order valence-corrected chi connectivity index (χ4v) is 5.95. The zero-order valence-corrected chi connectivity index (χ0v) is 25.1. The van der Waals surface area contributed by atoms with Crippen molar-refractivity contribution in [3.05, 3.63) is 137 Å². The second-order valence-corrected chi connectivity index (χ2v) is 12.3. The molecule has 1 heterocycles. The highest BCUT2D eigenvalue weighted by Gasteiger charge is 2.41. The van der Waals surface area contributed by atoms with Gasteiger partial charge in [-0.15, -0.1) is 0 Å². The number of ether oxygens (including phenoxy) is 1. The summed E-state index contributed by atoms with van der Waals surface area (Å²) in [5, 5.41) is 12.0. The second kappa shape index (κ2) is 13.6. The molecule has 8 nitrogen and oxygen atoms in total. The highest BCUT2D eigenvalue weighted by molar-refractivity contribution is 7.85. The van der Waals surface area contributed by atoms with E-state index in [0.717, 1.165) is 4.90 Å². The number of nitrogens with zero attached hydrogens (tertiary/aromatic N) is 1. The third-order valence-corrected chi connectivity index (χ3v) is 8.51. The van der Waals surface area contributed by atoms with Crippen LogP contribution in [0.15, 0.2) is 109 Å². The standard InChI is InChI=1S/C35H32FNO7S/c36-29-17-13-25(14-18-29)31-32(26-15-19-30(20-16-26)44-23-7-8-24-45(41,42)43)34(39)37(33(31)38)22-21-35(40,27-9-3-1-4-10-27)28-11-5-2-6-12-28/h1-6,9-20,40H,7-8,21-24H2,(H,41,42,43). The minimum Gasteiger partial charge on any atom is -0.494 e. The molecule has 0 aliphatic carbocycles. The normalized spacial score (nSPS) is 13.9. The lowest BCUT2D eigenvalue weighted by Crippen LogP contribution is -2.38. The van der Waals surface area contributed by atoms with Gasteiger partial charge in [0.05, 0.1) is 23.5 Å². The number of carbonyl (C=O) groups is 2. The van der Waals surface area contributed by atoms with Gasteiger partial charge < -0.3 is 9.84 Å². The van der Waals surface area contributed by atoms with Crippen LogP contribution in [0, 0.1) is 5.82 Å². The molecule has 0 aromatic heterocycles. The van der Waals surface area contributed by atoms with E-state index in [0.29, 0.717) is 34.4 Å². The van der Waals surface area contributed by atoms with Crippen LogP contribution in [-0.2, 0) is 25.3 Å². The van der Waals surface area contributed by atoms with Crippen LogP contribution in [0.1, 0.15) is 41.5 Å². The van der Waals surface area contributed by atoms with Gasteiger partial charge in [-0.25, -0.2) is 4.39 Å². The summed E-state index contributed by atoms with van der Waals surface area (Å²) in [6.45, 7) is 0.131. The van der Waals surface area contributed by atoms with Gasteiger partial charge in [-0.05, 0) is 59.4 Å². The van der Waals surface area contributed by atoms with Gasteiger partial charge in [-0.3, -0.25) is 19.0 Å². The van der Waals surface area contributed by atoms with Gasteiger partial charge in [-0.1, -0.05) is 84.9 Å². The van der Waals surface area contributed by atoms with Crippen LogP contribution < -0.4 is 4.74 Å². The first kappa shape index (κ1) is 31.8. The maximum Gasteiger partial charge on any atom is 0.264 e. The Labute approximate surface area is 261 Å². The van der Waals surface area contributed by atoms with Gasteiger partial charge in [0.1, 0.15) is 17.2 Å². The highest BCUT2D eigenvalue weighted by Crippen LogP contribution is 2.39. The number of hydrogen-bond donors (Lipinski definition) is 2. The summed E-state index contributed by atoms with van der Waals surface area (Å²) >= 11 is 0. The molecule has 0 atom stereocenters. The molecule has 1 aliphatic rings. The lowest BCUT2D eigenvalue weighted by atomic mass is 9.83. The van der Waals surface area contributed by atoms with Crippen LogP contribution in [0.3, 0.4) is 0 Å². The molecule has 0 saturated heterocycles. The van der Waals surface area contributed by atoms with Crippen molar-refractivity contribution < 1.29 is 36.8 Å². The molecule has 0 fully saturated rings. The Morgan fingerprint density at radius 3 is 1.69 bits per heavy atom. The van der Waals surface area contributed by atoms with Crippen LogP contribution in [0.5, 0.6) is 5.75 Å². The van der Waals surface area contributed by atoms with Crippen LogP contribution >= 0.6 is 0 Å². The molecule has 0 radical (unpaired) electrons. The van der Waals surface area contributed by atoms with Crippen molar-refractivity contribution in [1.29, 1.82) is 0 Å². The van der Waals surface area contributed by atoms with Crippen molar-refractivity contribution in [2.45, 2.75) is 24.9 Å². The van der Waals surface area contributed by atoms with E-state index in [1.807, 2.05) is 36.4 Å². The summed E-state index contributed by atoms with van der Waals surface area (Å²) in [6.07, 6.45) is 0.676. The Bertz CT molecular complexity index is 1750. The quantitative estimate of drug-likeness (QED) is 0.114. The number of unbranched alkanes of at least 4 members (excludes halogenated alkanes) is 1. The largest absolute Gasteiger partial charge is 0.494 e. The van der Waals surface area contributed by atoms with E-state index in [-0.39, 0.29) is 42.9 Å². The molecule has 5 rings (SSSR count). The molecule has 10 heteroatoms. The zero-order chi connectivity index (χ0) is 32.0. The lowest BCUT2D eigenvalue weighted by Gasteiger charge is -2.31. The Hall–Kier alpha value is -4.64. The minimum absolute atomic E-state index is 0.0346. The molecule has 45 heavy (non-hydrogen) atoms. The zero-order valence-electron chi connectivity index (χ0n) is 24.3. The third kappa shape index (κ3) is 7.37. The van der Waals surface area contributed by atoms with Gasteiger partial charge in [0, 0.05) is 13.0 Å². The SMILES string of the molecule is O=C1C(c2ccc(F)cc2)=C(c2ccc(OCCCCS(=O)(=O)O)cc2)C(=O)N1CCC(O)(c1ccccc1)c1ccccc1. The van der Waals surface area contributed by atoms with Crippen LogP contribution in [0.2, 0.25) is 0 Å². The Morgan fingerprint density at radius 1 is 0.711 bits per heavy atom. The summed E-state index contributed by atoms with van der Waals surface area (Å²) in [6, 6.07) is 30.0. The molecule has 0 spiro atoms. The predicted octanol–water partition coefficient (Wildman–Crippen LogP) is 5.48. The molecular formula is C35H32FNO7S. The van der Waals surface area contributed by atoms with Crippen molar-refractivity contribution in [1.82, 2.24) is 4.90 Å². The Kier molecular flexibility index (Phi) is 9.57. The summed E-state index contributed by atoms with van der Waals surface area (Å²) in [5.41, 5.74) is 0.869. The number of aliphatic hydroxyl groups is 1. The van der Waals surface area contributed by atoms with Gasteiger partial charge in [0.2, 0.25) is 0 Å². The predicted molar refractivity (Wildman–Crippen MR) is 168 cm³/mol. The number of carbonyl (C=O) groups excluding carboxylic acids is 2. The molecule has 0 saturated carbocycles. The monoisotopic (exact) mass is 629 g/mol. The van der Waals surface area contributed by atoms with Crippen molar-refractivity contribution in [3.8, 4) is 5.75 Å². The third-order valence-electron chi connectivity index (χ3n) is 7.71. The van der Waals surface area contributed by atoms with Gasteiger partial charge in [-0.2, -0.15) is 8.42 Å². The van der Waals surface area contributed by atoms with Crippen LogP contribution in [-0.4, -0.2) is 53.7 Å². The van der Waals surface area contributed by atoms with E-state index in [2.05, 4.69) is 0 Å². The Morgan fingerprint density at radius 2 is 1.20 bits per heavy atom. The Balaban J connectivity index is 1.41. The highest BCUT2D eigenvalue weighted by atomic mass is 32.2. The molecule has 1 aliphatic heterocycles. The van der Waals surface area contributed by atoms with Crippen molar-refractivity contribution in [2.75, 3.05) is 18.9 Å². The first-order valence-electron chi connectivity index (χ1n) is 14.4. The van der Waals surface area contributed by atoms with Crippen molar-refractivity contribution >= 4 is 33.1 Å². The van der Waals surface area contributed by atoms with Gasteiger partial charge in [0.15, 0.2) is 0 Å². The van der Waals surface area contributed by atoms with Crippen molar-refractivity contribution in [3.63, 3.8) is 0 Å². The number of amides is 2. The van der Waals surface area contributed by atoms with Crippen LogP contribution in [0.4, 0.5) is 4.39 Å². The summed E-state index contributed by atoms with van der Waals surface area (Å²) in [7, 11) is -4.03. The fraction of sp³-hybridized carbons (Fsp3) is 0.200. The molecule has 232 valence electrons. The number of rotatable bonds is 13. The lowest BCUT2D eigenvalue weighted by molar-refractivity contribution is -0.136. The molecule has 0 unspecified atom stereocenters. The average Bonchev–Trinajstić information content (AvgIpc) is 3.29. The molecule has 4 aromatic carbocycles. The van der Waals surface area contributed by atoms with E-state index in [1.165, 1.54) is 24.3 Å². The number of hydrogen-bond acceptors (Lipinski definition) is 6. The van der Waals surface area contributed by atoms with Gasteiger partial charge in [0.25, 0.3) is 21.9 Å². The molecule has 2 N–H and O–H groups in total. The first-order chi connectivity index (χ1) is 21.6. The summed E-state index contributed by atoms with van der Waals surface area (Å²) < 4.78 is 50.1. The minimum atomic E-state index is -4.03. The fourth-order valence-electron chi connectivity index (χ4n) is 5.38. The molecule has 4 aromatic rings. The van der Waals surface area contributed by atoms with Gasteiger partial charge >= 0.3 is 0 Å². The van der Waals surface area contributed by atoms with Crippen molar-refractivity contribution in [2.24, 2.45) is 0 Å². The maximum absolute atomic E-state index is 14.0. The molecular weight excluding hydrogens is 597 g/mol. The van der Waals surface area contributed by atoms with Crippen LogP contribution in [0.25, 0.3) is 11.1 Å². The molecule has 2 amide bonds. The van der Waals surface area contributed by atoms with E-state index in [4.69, 9.17) is 9.29 Å². The molecule has 0 bridgehead atoms. The maximum atomic E-state index is 14.0. The topological polar surface area (TPSA) is 121 Å². The van der Waals surface area contributed by atoms with E-state index in [1.54, 1.807) is 48.5 Å². The number of benzene rings is 4. The second-order valence-electron chi connectivity index (χ2n) is 10.7. The van der Waals surface area contributed by atoms with E-state index < -0.39 is 33.4 Å². The summed E-state index contributed by atoms with van der Waals surface area (Å²) in [5.74, 6) is -1.45. The number of imide groups is 1. The smallest absolute Gasteiger partial charge is 0.264 e.